The van der Waals surface area contributed by atoms with Gasteiger partial charge in [0.05, 0.1) is 10.9 Å². The van der Waals surface area contributed by atoms with E-state index in [0.717, 1.165) is 11.1 Å². The Hall–Kier alpha value is -3.57. The molecule has 3 aromatic carbocycles. The van der Waals surface area contributed by atoms with Gasteiger partial charge in [-0.15, -0.1) is 0 Å². The molecule has 0 unspecified atom stereocenters. The molecule has 0 fully saturated rings. The zero-order valence-corrected chi connectivity index (χ0v) is 18.2. The number of esters is 1. The third-order valence-corrected chi connectivity index (χ3v) is 5.29. The van der Waals surface area contributed by atoms with E-state index in [1.165, 1.54) is 6.26 Å². The first-order valence-corrected chi connectivity index (χ1v) is 10.6. The molecule has 162 valence electrons. The van der Waals surface area contributed by atoms with Crippen LogP contribution in [0.5, 0.6) is 5.75 Å². The molecule has 0 saturated heterocycles. The van der Waals surface area contributed by atoms with E-state index in [4.69, 9.17) is 25.5 Å². The lowest BCUT2D eigenvalue weighted by Crippen LogP contribution is -2.28. The smallest absolute Gasteiger partial charge is 0.347 e. The minimum Gasteiger partial charge on any atom is -0.479 e. The molecule has 1 aromatic heterocycles. The summed E-state index contributed by atoms with van der Waals surface area (Å²) in [6.07, 6.45) is 1.09. The van der Waals surface area contributed by atoms with Crippen molar-refractivity contribution in [2.45, 2.75) is 26.1 Å². The molecule has 0 aliphatic heterocycles. The SMILES string of the molecule is CC[C@H](Oc1ccc2c(=O)c(-c3ccc(Cl)cc3)coc2c1)C(=O)OCc1ccccc1. The number of benzene rings is 3. The third kappa shape index (κ3) is 4.84. The molecule has 4 rings (SSSR count). The Labute approximate surface area is 190 Å². The van der Waals surface area contributed by atoms with Gasteiger partial charge in [-0.05, 0) is 41.8 Å². The number of ether oxygens (including phenoxy) is 2. The Bertz CT molecular complexity index is 1280. The van der Waals surface area contributed by atoms with Crippen LogP contribution >= 0.6 is 11.6 Å². The number of hydrogen-bond acceptors (Lipinski definition) is 5. The Balaban J connectivity index is 1.51. The number of rotatable bonds is 7. The molecule has 1 heterocycles. The van der Waals surface area contributed by atoms with Gasteiger partial charge in [0.15, 0.2) is 11.5 Å². The lowest BCUT2D eigenvalue weighted by atomic mass is 10.1. The monoisotopic (exact) mass is 448 g/mol. The van der Waals surface area contributed by atoms with Crippen molar-refractivity contribution in [3.05, 3.63) is 99.9 Å². The van der Waals surface area contributed by atoms with Crippen LogP contribution in [0.2, 0.25) is 5.02 Å². The first kappa shape index (κ1) is 21.7. The van der Waals surface area contributed by atoms with Crippen LogP contribution in [0.1, 0.15) is 18.9 Å². The fraction of sp³-hybridized carbons (Fsp3) is 0.154. The maximum Gasteiger partial charge on any atom is 0.347 e. The van der Waals surface area contributed by atoms with Gasteiger partial charge < -0.3 is 13.9 Å². The fourth-order valence-corrected chi connectivity index (χ4v) is 3.42. The van der Waals surface area contributed by atoms with E-state index in [9.17, 15) is 9.59 Å². The molecule has 32 heavy (non-hydrogen) atoms. The van der Waals surface area contributed by atoms with Gasteiger partial charge in [-0.1, -0.05) is 61.0 Å². The number of halogens is 1. The van der Waals surface area contributed by atoms with Crippen LogP contribution < -0.4 is 10.2 Å². The molecule has 0 aliphatic carbocycles. The fourth-order valence-electron chi connectivity index (χ4n) is 3.29. The van der Waals surface area contributed by atoms with Crippen molar-refractivity contribution in [3.63, 3.8) is 0 Å². The second-order valence-electron chi connectivity index (χ2n) is 7.25. The highest BCUT2D eigenvalue weighted by Crippen LogP contribution is 2.25. The summed E-state index contributed by atoms with van der Waals surface area (Å²) < 4.78 is 16.9. The molecule has 0 saturated carbocycles. The minimum atomic E-state index is -0.767. The van der Waals surface area contributed by atoms with E-state index in [0.29, 0.717) is 33.7 Å². The first-order valence-electron chi connectivity index (χ1n) is 10.2. The van der Waals surface area contributed by atoms with Crippen LogP contribution in [0.3, 0.4) is 0 Å². The molecule has 0 bridgehead atoms. The van der Waals surface area contributed by atoms with Crippen LogP contribution in [0, 0.1) is 0 Å². The molecule has 0 aliphatic rings. The van der Waals surface area contributed by atoms with Crippen molar-refractivity contribution < 1.29 is 18.7 Å². The lowest BCUT2D eigenvalue weighted by Gasteiger charge is -2.17. The maximum absolute atomic E-state index is 12.9. The van der Waals surface area contributed by atoms with E-state index in [1.54, 1.807) is 42.5 Å². The van der Waals surface area contributed by atoms with E-state index >= 15 is 0 Å². The van der Waals surface area contributed by atoms with Gasteiger partial charge in [-0.3, -0.25) is 4.79 Å². The highest BCUT2D eigenvalue weighted by atomic mass is 35.5. The highest BCUT2D eigenvalue weighted by molar-refractivity contribution is 6.30. The van der Waals surface area contributed by atoms with Crippen molar-refractivity contribution in [3.8, 4) is 16.9 Å². The van der Waals surface area contributed by atoms with Gasteiger partial charge in [0.1, 0.15) is 24.2 Å². The van der Waals surface area contributed by atoms with Crippen molar-refractivity contribution in [2.24, 2.45) is 0 Å². The molecule has 1 atom stereocenters. The number of carbonyl (C=O) groups excluding carboxylic acids is 1. The predicted molar refractivity (Wildman–Crippen MR) is 124 cm³/mol. The topological polar surface area (TPSA) is 65.7 Å². The van der Waals surface area contributed by atoms with Gasteiger partial charge in [0.2, 0.25) is 0 Å². The Morgan fingerprint density at radius 2 is 1.78 bits per heavy atom. The summed E-state index contributed by atoms with van der Waals surface area (Å²) in [5.74, 6) is -0.0283. The molecule has 0 N–H and O–H groups in total. The van der Waals surface area contributed by atoms with Gasteiger partial charge in [0, 0.05) is 11.1 Å². The second kappa shape index (κ2) is 9.71. The average Bonchev–Trinajstić information content (AvgIpc) is 2.82. The highest BCUT2D eigenvalue weighted by Gasteiger charge is 2.21. The summed E-state index contributed by atoms with van der Waals surface area (Å²) in [4.78, 5) is 25.4. The van der Waals surface area contributed by atoms with Gasteiger partial charge >= 0.3 is 5.97 Å². The second-order valence-corrected chi connectivity index (χ2v) is 7.69. The third-order valence-electron chi connectivity index (χ3n) is 5.04. The van der Waals surface area contributed by atoms with Crippen LogP contribution in [-0.4, -0.2) is 12.1 Å². The predicted octanol–water partition coefficient (Wildman–Crippen LogP) is 6.01. The molecule has 4 aromatic rings. The van der Waals surface area contributed by atoms with Crippen molar-refractivity contribution in [1.82, 2.24) is 0 Å². The van der Waals surface area contributed by atoms with E-state index in [-0.39, 0.29) is 12.0 Å². The molecule has 0 spiro atoms. The number of carbonyl (C=O) groups is 1. The summed E-state index contributed by atoms with van der Waals surface area (Å²) in [6, 6.07) is 21.3. The maximum atomic E-state index is 12.9. The summed E-state index contributed by atoms with van der Waals surface area (Å²) in [5.41, 5.74) is 2.28. The van der Waals surface area contributed by atoms with E-state index in [2.05, 4.69) is 0 Å². The molecule has 0 radical (unpaired) electrons. The summed E-state index contributed by atoms with van der Waals surface area (Å²) >= 11 is 5.93. The first-order chi connectivity index (χ1) is 15.5. The van der Waals surface area contributed by atoms with Crippen molar-refractivity contribution in [2.75, 3.05) is 0 Å². The standard InChI is InChI=1S/C26H21ClO5/c1-2-23(26(29)31-15-17-6-4-3-5-7-17)32-20-12-13-21-24(14-20)30-16-22(25(21)28)18-8-10-19(27)11-9-18/h3-14,16,23H,2,15H2,1H3/t23-/m0/s1. The van der Waals surface area contributed by atoms with Gasteiger partial charge in [0.25, 0.3) is 0 Å². The quantitative estimate of drug-likeness (QED) is 0.324. The number of fused-ring (bicyclic) bond motifs is 1. The van der Waals surface area contributed by atoms with Crippen LogP contribution in [0.4, 0.5) is 0 Å². The van der Waals surface area contributed by atoms with E-state index in [1.807, 2.05) is 37.3 Å². The molecular formula is C26H21ClO5. The Morgan fingerprint density at radius 1 is 1.03 bits per heavy atom. The average molecular weight is 449 g/mol. The van der Waals surface area contributed by atoms with Crippen LogP contribution in [0.15, 0.2) is 88.3 Å². The Morgan fingerprint density at radius 3 is 2.50 bits per heavy atom. The molecule has 0 amide bonds. The van der Waals surface area contributed by atoms with Crippen molar-refractivity contribution >= 4 is 28.5 Å². The van der Waals surface area contributed by atoms with Crippen LogP contribution in [-0.2, 0) is 16.1 Å². The van der Waals surface area contributed by atoms with Crippen molar-refractivity contribution in [1.29, 1.82) is 0 Å². The largest absolute Gasteiger partial charge is 0.479 e. The van der Waals surface area contributed by atoms with Gasteiger partial charge in [-0.2, -0.15) is 0 Å². The zero-order valence-electron chi connectivity index (χ0n) is 17.4. The zero-order chi connectivity index (χ0) is 22.5. The summed E-state index contributed by atoms with van der Waals surface area (Å²) in [7, 11) is 0. The minimum absolute atomic E-state index is 0.158. The van der Waals surface area contributed by atoms with Gasteiger partial charge in [-0.25, -0.2) is 4.79 Å². The Kier molecular flexibility index (Phi) is 6.57. The molecule has 5 nitrogen and oxygen atoms in total. The van der Waals surface area contributed by atoms with E-state index < -0.39 is 12.1 Å². The van der Waals surface area contributed by atoms with Crippen LogP contribution in [0.25, 0.3) is 22.1 Å². The molecular weight excluding hydrogens is 428 g/mol. The normalized spacial score (nSPS) is 11.8. The number of hydrogen-bond donors (Lipinski definition) is 0. The summed E-state index contributed by atoms with van der Waals surface area (Å²) in [5, 5.41) is 1.01. The molecule has 6 heteroatoms. The summed E-state index contributed by atoms with van der Waals surface area (Å²) in [6.45, 7) is 2.02. The lowest BCUT2D eigenvalue weighted by molar-refractivity contribution is -0.153.